The van der Waals surface area contributed by atoms with E-state index >= 15 is 0 Å². The highest BCUT2D eigenvalue weighted by Crippen LogP contribution is 2.39. The zero-order valence-electron chi connectivity index (χ0n) is 17.5. The number of ether oxygens (including phenoxy) is 1. The van der Waals surface area contributed by atoms with Gasteiger partial charge in [0.05, 0.1) is 22.4 Å². The Hall–Kier alpha value is -2.32. The largest absolute Gasteiger partial charge is 0.494 e. The Balaban J connectivity index is 0.00000272. The molecule has 0 fully saturated rings. The van der Waals surface area contributed by atoms with E-state index < -0.39 is 0 Å². The molecule has 2 heterocycles. The highest BCUT2D eigenvalue weighted by Gasteiger charge is 2.25. The van der Waals surface area contributed by atoms with Crippen LogP contribution >= 0.6 is 35.3 Å². The maximum absolute atomic E-state index is 13.6. The van der Waals surface area contributed by atoms with Crippen molar-refractivity contribution in [2.24, 2.45) is 0 Å². The molecule has 9 heteroatoms. The third-order valence-electron chi connectivity index (χ3n) is 4.95. The first-order valence-corrected chi connectivity index (χ1v) is 10.8. The number of rotatable bonds is 7. The fraction of sp³-hybridized carbons (Fsp3) is 0.273. The average Bonchev–Trinajstić information content (AvgIpc) is 3.36. The van der Waals surface area contributed by atoms with E-state index in [1.54, 1.807) is 30.3 Å². The van der Waals surface area contributed by atoms with Gasteiger partial charge in [0, 0.05) is 23.6 Å². The summed E-state index contributed by atoms with van der Waals surface area (Å²) in [7, 11) is 5.65. The normalized spacial score (nSPS) is 11.1. The summed E-state index contributed by atoms with van der Waals surface area (Å²) >= 11 is 7.82. The molecule has 0 saturated heterocycles. The van der Waals surface area contributed by atoms with Crippen molar-refractivity contribution in [2.45, 2.75) is 6.42 Å². The van der Waals surface area contributed by atoms with Gasteiger partial charge in [0.25, 0.3) is 5.91 Å². The molecule has 0 saturated carbocycles. The van der Waals surface area contributed by atoms with Gasteiger partial charge < -0.3 is 14.6 Å². The predicted molar refractivity (Wildman–Crippen MR) is 132 cm³/mol. The standard InChI is InChI=1S/C22H23ClN4O2S.ClH/c1-26(2)11-6-12-27(21(28)15-13-24-17-8-5-4-7-14(15)17)22-25-19-18(29-3)10-9-16(23)20(19)30-22;/h4-5,7-10,13,24H,6,11-12H2,1-3H3;1H. The molecule has 0 bridgehead atoms. The van der Waals surface area contributed by atoms with Gasteiger partial charge in [-0.3, -0.25) is 9.69 Å². The number of methoxy groups -OCH3 is 1. The summed E-state index contributed by atoms with van der Waals surface area (Å²) in [5.74, 6) is 0.560. The van der Waals surface area contributed by atoms with Crippen LogP contribution in [0.5, 0.6) is 5.75 Å². The van der Waals surface area contributed by atoms with Crippen molar-refractivity contribution in [3.8, 4) is 5.75 Å². The SMILES string of the molecule is COc1ccc(Cl)c2sc(N(CCCN(C)C)C(=O)c3c[nH]c4ccccc34)nc12.Cl. The highest BCUT2D eigenvalue weighted by molar-refractivity contribution is 7.23. The number of aromatic amines is 1. The first kappa shape index (κ1) is 23.3. The Labute approximate surface area is 196 Å². The highest BCUT2D eigenvalue weighted by atomic mass is 35.5. The lowest BCUT2D eigenvalue weighted by molar-refractivity contribution is 0.0987. The molecule has 164 valence electrons. The predicted octanol–water partition coefficient (Wildman–Crippen LogP) is 5.46. The average molecular weight is 479 g/mol. The fourth-order valence-corrected chi connectivity index (χ4v) is 4.72. The van der Waals surface area contributed by atoms with Gasteiger partial charge in [-0.2, -0.15) is 0 Å². The van der Waals surface area contributed by atoms with Gasteiger partial charge >= 0.3 is 0 Å². The number of anilines is 1. The third-order valence-corrected chi connectivity index (χ3v) is 6.49. The second kappa shape index (κ2) is 9.87. The van der Waals surface area contributed by atoms with Crippen LogP contribution in [-0.4, -0.2) is 55.1 Å². The Morgan fingerprint density at radius 1 is 1.19 bits per heavy atom. The second-order valence-electron chi connectivity index (χ2n) is 7.29. The number of hydrogen-bond acceptors (Lipinski definition) is 5. The Bertz CT molecular complexity index is 1200. The number of para-hydroxylation sites is 1. The lowest BCUT2D eigenvalue weighted by Gasteiger charge is -2.20. The number of H-pyrrole nitrogens is 1. The number of carbonyl (C=O) groups excluding carboxylic acids is 1. The molecule has 0 radical (unpaired) electrons. The van der Waals surface area contributed by atoms with Crippen molar-refractivity contribution in [3.05, 3.63) is 53.2 Å². The minimum atomic E-state index is -0.0830. The van der Waals surface area contributed by atoms with Gasteiger partial charge in [0.2, 0.25) is 0 Å². The maximum atomic E-state index is 13.6. The zero-order chi connectivity index (χ0) is 21.3. The van der Waals surface area contributed by atoms with Gasteiger partial charge in [0.1, 0.15) is 11.3 Å². The van der Waals surface area contributed by atoms with Gasteiger partial charge in [0.15, 0.2) is 5.13 Å². The Morgan fingerprint density at radius 3 is 2.71 bits per heavy atom. The number of nitrogens with zero attached hydrogens (tertiary/aromatic N) is 3. The molecule has 0 spiro atoms. The first-order valence-electron chi connectivity index (χ1n) is 9.65. The summed E-state index contributed by atoms with van der Waals surface area (Å²) in [6.07, 6.45) is 2.59. The van der Waals surface area contributed by atoms with Gasteiger partial charge in [-0.1, -0.05) is 41.1 Å². The smallest absolute Gasteiger partial charge is 0.262 e. The molecule has 31 heavy (non-hydrogen) atoms. The number of benzene rings is 2. The molecular formula is C22H24Cl2N4O2S. The van der Waals surface area contributed by atoms with Gasteiger partial charge in [-0.15, -0.1) is 12.4 Å². The van der Waals surface area contributed by atoms with Crippen LogP contribution in [0, 0.1) is 0 Å². The first-order chi connectivity index (χ1) is 14.5. The van der Waals surface area contributed by atoms with Crippen LogP contribution < -0.4 is 9.64 Å². The molecule has 0 unspecified atom stereocenters. The summed E-state index contributed by atoms with van der Waals surface area (Å²) < 4.78 is 6.26. The van der Waals surface area contributed by atoms with E-state index in [0.717, 1.165) is 28.6 Å². The molecule has 6 nitrogen and oxygen atoms in total. The van der Waals surface area contributed by atoms with E-state index in [1.165, 1.54) is 11.3 Å². The second-order valence-corrected chi connectivity index (χ2v) is 8.67. The van der Waals surface area contributed by atoms with E-state index in [4.69, 9.17) is 21.3 Å². The monoisotopic (exact) mass is 478 g/mol. The molecule has 0 atom stereocenters. The molecule has 0 aliphatic heterocycles. The van der Waals surface area contributed by atoms with Crippen LogP contribution in [-0.2, 0) is 0 Å². The topological polar surface area (TPSA) is 61.5 Å². The zero-order valence-corrected chi connectivity index (χ0v) is 19.9. The van der Waals surface area contributed by atoms with Crippen molar-refractivity contribution in [1.29, 1.82) is 0 Å². The van der Waals surface area contributed by atoms with Crippen molar-refractivity contribution >= 4 is 67.5 Å². The summed E-state index contributed by atoms with van der Waals surface area (Å²) in [4.78, 5) is 25.4. The number of amides is 1. The molecule has 1 amide bonds. The van der Waals surface area contributed by atoms with E-state index in [1.807, 2.05) is 38.4 Å². The minimum absolute atomic E-state index is 0. The van der Waals surface area contributed by atoms with E-state index in [9.17, 15) is 4.79 Å². The molecule has 1 N–H and O–H groups in total. The van der Waals surface area contributed by atoms with Gasteiger partial charge in [-0.05, 0) is 45.3 Å². The van der Waals surface area contributed by atoms with Crippen LogP contribution in [0.2, 0.25) is 5.02 Å². The van der Waals surface area contributed by atoms with Crippen molar-refractivity contribution in [1.82, 2.24) is 14.9 Å². The summed E-state index contributed by atoms with van der Waals surface area (Å²) in [5.41, 5.74) is 2.24. The number of hydrogen-bond donors (Lipinski definition) is 1. The quantitative estimate of drug-likeness (QED) is 0.383. The van der Waals surface area contributed by atoms with Crippen LogP contribution in [0.25, 0.3) is 21.1 Å². The van der Waals surface area contributed by atoms with Crippen LogP contribution in [0.1, 0.15) is 16.8 Å². The maximum Gasteiger partial charge on any atom is 0.262 e. The third kappa shape index (κ3) is 4.65. The number of thiazole rings is 1. The van der Waals surface area contributed by atoms with E-state index in [-0.39, 0.29) is 18.3 Å². The van der Waals surface area contributed by atoms with Crippen LogP contribution in [0.4, 0.5) is 5.13 Å². The van der Waals surface area contributed by atoms with Gasteiger partial charge in [-0.25, -0.2) is 4.98 Å². The number of halogens is 2. The Morgan fingerprint density at radius 2 is 1.97 bits per heavy atom. The van der Waals surface area contributed by atoms with Crippen LogP contribution in [0.3, 0.4) is 0 Å². The van der Waals surface area contributed by atoms with Crippen LogP contribution in [0.15, 0.2) is 42.6 Å². The molecule has 0 aliphatic rings. The van der Waals surface area contributed by atoms with E-state index in [2.05, 4.69) is 9.88 Å². The molecular weight excluding hydrogens is 455 g/mol. The van der Waals surface area contributed by atoms with E-state index in [0.29, 0.717) is 33.5 Å². The fourth-order valence-electron chi connectivity index (χ4n) is 3.44. The lowest BCUT2D eigenvalue weighted by Crippen LogP contribution is -2.33. The number of fused-ring (bicyclic) bond motifs is 2. The van der Waals surface area contributed by atoms with Crippen molar-refractivity contribution in [2.75, 3.05) is 39.2 Å². The summed E-state index contributed by atoms with van der Waals surface area (Å²) in [6.45, 7) is 1.42. The summed E-state index contributed by atoms with van der Waals surface area (Å²) in [5, 5.41) is 2.12. The molecule has 0 aliphatic carbocycles. The lowest BCUT2D eigenvalue weighted by atomic mass is 10.1. The number of carbonyl (C=O) groups is 1. The molecule has 2 aromatic heterocycles. The Kier molecular flexibility index (Phi) is 7.43. The van der Waals surface area contributed by atoms with Crippen molar-refractivity contribution in [3.63, 3.8) is 0 Å². The molecule has 4 rings (SSSR count). The molecule has 4 aromatic rings. The minimum Gasteiger partial charge on any atom is -0.494 e. The number of nitrogens with one attached hydrogen (secondary N) is 1. The van der Waals surface area contributed by atoms with Crippen molar-refractivity contribution < 1.29 is 9.53 Å². The summed E-state index contributed by atoms with van der Waals surface area (Å²) in [6, 6.07) is 11.4. The molecule has 2 aromatic carbocycles. The number of aromatic nitrogens is 2.